The molecule has 0 aliphatic heterocycles. The van der Waals surface area contributed by atoms with E-state index in [1.807, 2.05) is 0 Å². The van der Waals surface area contributed by atoms with Crippen LogP contribution in [0.15, 0.2) is 44.2 Å². The Morgan fingerprint density at radius 1 is 1.05 bits per heavy atom. The Kier molecular flexibility index (Phi) is 5.10. The number of hydrogen-bond donors (Lipinski definition) is 2. The van der Waals surface area contributed by atoms with Crippen LogP contribution in [0.5, 0.6) is 0 Å². The van der Waals surface area contributed by atoms with Gasteiger partial charge in [0.15, 0.2) is 0 Å². The van der Waals surface area contributed by atoms with Gasteiger partial charge in [0.2, 0.25) is 0 Å². The van der Waals surface area contributed by atoms with Crippen LogP contribution in [0, 0.1) is 0 Å². The second-order valence-corrected chi connectivity index (χ2v) is 8.30. The molecule has 0 amide bonds. The second kappa shape index (κ2) is 6.34. The number of nitrogens with one attached hydrogen (secondary N) is 1. The van der Waals surface area contributed by atoms with Gasteiger partial charge < -0.3 is 5.73 Å². The Balaban J connectivity index is 2.44. The van der Waals surface area contributed by atoms with Crippen LogP contribution in [-0.4, -0.2) is 8.42 Å². The van der Waals surface area contributed by atoms with Crippen LogP contribution in [0.2, 0.25) is 10.0 Å². The van der Waals surface area contributed by atoms with Gasteiger partial charge in [0.25, 0.3) is 10.0 Å². The maximum atomic E-state index is 12.3. The van der Waals surface area contributed by atoms with Crippen molar-refractivity contribution in [2.45, 2.75) is 4.90 Å². The van der Waals surface area contributed by atoms with Crippen LogP contribution < -0.4 is 10.5 Å². The van der Waals surface area contributed by atoms with E-state index in [-0.39, 0.29) is 20.6 Å². The van der Waals surface area contributed by atoms with Crippen molar-refractivity contribution in [3.8, 4) is 0 Å². The molecule has 21 heavy (non-hydrogen) atoms. The number of benzene rings is 2. The molecule has 112 valence electrons. The summed E-state index contributed by atoms with van der Waals surface area (Å²) in [5.74, 6) is 0. The molecule has 9 heteroatoms. The molecular formula is C12H8Br2Cl2N2O2S. The van der Waals surface area contributed by atoms with Crippen LogP contribution in [-0.2, 0) is 10.0 Å². The van der Waals surface area contributed by atoms with Crippen LogP contribution >= 0.6 is 55.1 Å². The maximum Gasteiger partial charge on any atom is 0.262 e. The van der Waals surface area contributed by atoms with Gasteiger partial charge >= 0.3 is 0 Å². The monoisotopic (exact) mass is 472 g/mol. The smallest absolute Gasteiger partial charge is 0.262 e. The highest BCUT2D eigenvalue weighted by Gasteiger charge is 2.19. The molecule has 0 saturated heterocycles. The lowest BCUT2D eigenvalue weighted by atomic mass is 10.3. The Labute approximate surface area is 148 Å². The molecule has 0 spiro atoms. The summed E-state index contributed by atoms with van der Waals surface area (Å²) in [5, 5.41) is 0.367. The third-order valence-corrected chi connectivity index (χ3v) is 5.64. The fraction of sp³-hybridized carbons (Fsp3) is 0. The first-order chi connectivity index (χ1) is 9.70. The molecule has 0 bridgehead atoms. The highest BCUT2D eigenvalue weighted by Crippen LogP contribution is 2.35. The minimum Gasteiger partial charge on any atom is -0.398 e. The molecule has 0 fully saturated rings. The fourth-order valence-corrected chi connectivity index (χ4v) is 4.32. The van der Waals surface area contributed by atoms with Crippen molar-refractivity contribution in [2.24, 2.45) is 0 Å². The predicted octanol–water partition coefficient (Wildman–Crippen LogP) is 4.90. The van der Waals surface area contributed by atoms with Crippen molar-refractivity contribution in [3.63, 3.8) is 0 Å². The summed E-state index contributed by atoms with van der Waals surface area (Å²) in [6.07, 6.45) is 0. The average molecular weight is 475 g/mol. The standard InChI is InChI=1S/C12H8Br2Cl2N2O2S/c13-6-3-9(15)12(10(16)4-6)18-21(19,20)7-1-2-8(14)11(17)5-7/h1-5,18H,17H2. The van der Waals surface area contributed by atoms with E-state index in [2.05, 4.69) is 36.6 Å². The molecule has 0 aliphatic carbocycles. The van der Waals surface area contributed by atoms with Gasteiger partial charge in [-0.1, -0.05) is 39.1 Å². The summed E-state index contributed by atoms with van der Waals surface area (Å²) in [6, 6.07) is 7.40. The molecule has 3 N–H and O–H groups in total. The first-order valence-electron chi connectivity index (χ1n) is 5.43. The Morgan fingerprint density at radius 2 is 1.62 bits per heavy atom. The van der Waals surface area contributed by atoms with Gasteiger partial charge in [-0.05, 0) is 46.3 Å². The first kappa shape index (κ1) is 16.9. The van der Waals surface area contributed by atoms with Gasteiger partial charge in [-0.3, -0.25) is 4.72 Å². The lowest BCUT2D eigenvalue weighted by molar-refractivity contribution is 0.601. The lowest BCUT2D eigenvalue weighted by Crippen LogP contribution is -2.14. The number of halogens is 4. The minimum atomic E-state index is -3.85. The van der Waals surface area contributed by atoms with E-state index >= 15 is 0 Å². The van der Waals surface area contributed by atoms with Gasteiger partial charge in [-0.25, -0.2) is 8.42 Å². The zero-order valence-electron chi connectivity index (χ0n) is 10.2. The predicted molar refractivity (Wildman–Crippen MR) is 93.5 cm³/mol. The largest absolute Gasteiger partial charge is 0.398 e. The molecule has 0 saturated carbocycles. The highest BCUT2D eigenvalue weighted by atomic mass is 79.9. The van der Waals surface area contributed by atoms with E-state index < -0.39 is 10.0 Å². The molecular weight excluding hydrogens is 467 g/mol. The SMILES string of the molecule is Nc1cc(S(=O)(=O)Nc2c(Cl)cc(Br)cc2Cl)ccc1Br. The van der Waals surface area contributed by atoms with E-state index in [1.165, 1.54) is 12.1 Å². The molecule has 4 nitrogen and oxygen atoms in total. The van der Waals surface area contributed by atoms with E-state index in [9.17, 15) is 8.42 Å². The maximum absolute atomic E-state index is 12.3. The molecule has 0 heterocycles. The number of nitrogen functional groups attached to an aromatic ring is 1. The topological polar surface area (TPSA) is 72.2 Å². The highest BCUT2D eigenvalue weighted by molar-refractivity contribution is 9.10. The van der Waals surface area contributed by atoms with Crippen molar-refractivity contribution in [1.82, 2.24) is 0 Å². The number of anilines is 2. The first-order valence-corrected chi connectivity index (χ1v) is 9.25. The summed E-state index contributed by atoms with van der Waals surface area (Å²) >= 11 is 18.5. The van der Waals surface area contributed by atoms with Gasteiger partial charge in [0.1, 0.15) is 0 Å². The van der Waals surface area contributed by atoms with Crippen molar-refractivity contribution >= 4 is 76.5 Å². The number of hydrogen-bond acceptors (Lipinski definition) is 3. The van der Waals surface area contributed by atoms with Crippen molar-refractivity contribution in [3.05, 3.63) is 49.3 Å². The van der Waals surface area contributed by atoms with Crippen LogP contribution in [0.4, 0.5) is 11.4 Å². The summed E-state index contributed by atoms with van der Waals surface area (Å²) in [6.45, 7) is 0. The number of nitrogens with two attached hydrogens (primary N) is 1. The summed E-state index contributed by atoms with van der Waals surface area (Å²) in [7, 11) is -3.85. The molecule has 0 atom stereocenters. The van der Waals surface area contributed by atoms with E-state index in [1.54, 1.807) is 18.2 Å². The summed E-state index contributed by atoms with van der Waals surface area (Å²) in [5.41, 5.74) is 6.12. The molecule has 2 aromatic rings. The van der Waals surface area contributed by atoms with Gasteiger partial charge in [0.05, 0.1) is 20.6 Å². The average Bonchev–Trinajstić information content (AvgIpc) is 2.37. The normalized spacial score (nSPS) is 11.4. The summed E-state index contributed by atoms with van der Waals surface area (Å²) < 4.78 is 28.3. The molecule has 0 radical (unpaired) electrons. The van der Waals surface area contributed by atoms with Crippen LogP contribution in [0.25, 0.3) is 0 Å². The quantitative estimate of drug-likeness (QED) is 0.621. The minimum absolute atomic E-state index is 0.0123. The number of sulfonamides is 1. The van der Waals surface area contributed by atoms with Crippen molar-refractivity contribution in [1.29, 1.82) is 0 Å². The van der Waals surface area contributed by atoms with Crippen molar-refractivity contribution < 1.29 is 8.42 Å². The lowest BCUT2D eigenvalue weighted by Gasteiger charge is -2.12. The molecule has 2 aromatic carbocycles. The Morgan fingerprint density at radius 3 is 2.14 bits per heavy atom. The van der Waals surface area contributed by atoms with E-state index in [0.717, 1.165) is 0 Å². The molecule has 2 rings (SSSR count). The summed E-state index contributed by atoms with van der Waals surface area (Å²) in [4.78, 5) is 0.0123. The molecule has 0 unspecified atom stereocenters. The zero-order valence-corrected chi connectivity index (χ0v) is 15.7. The van der Waals surface area contributed by atoms with Gasteiger partial charge in [-0.2, -0.15) is 0 Å². The van der Waals surface area contributed by atoms with Gasteiger partial charge in [-0.15, -0.1) is 0 Å². The van der Waals surface area contributed by atoms with E-state index in [4.69, 9.17) is 28.9 Å². The Hall–Kier alpha value is -0.470. The third-order valence-electron chi connectivity index (χ3n) is 2.52. The Bertz CT molecular complexity index is 790. The van der Waals surface area contributed by atoms with Gasteiger partial charge in [0, 0.05) is 14.6 Å². The number of rotatable bonds is 3. The fourth-order valence-electron chi connectivity index (χ4n) is 1.52. The third kappa shape index (κ3) is 3.84. The van der Waals surface area contributed by atoms with Crippen molar-refractivity contribution in [2.75, 3.05) is 10.5 Å². The van der Waals surface area contributed by atoms with E-state index in [0.29, 0.717) is 14.6 Å². The van der Waals surface area contributed by atoms with Crippen LogP contribution in [0.3, 0.4) is 0 Å². The zero-order chi connectivity index (χ0) is 15.8. The molecule has 0 aliphatic rings. The molecule has 0 aromatic heterocycles. The second-order valence-electron chi connectivity index (χ2n) is 4.03. The van der Waals surface area contributed by atoms with Crippen LogP contribution in [0.1, 0.15) is 0 Å².